The van der Waals surface area contributed by atoms with E-state index in [9.17, 15) is 4.79 Å². The molecule has 2 aliphatic rings. The number of fused-ring (bicyclic) bond motifs is 5. The summed E-state index contributed by atoms with van der Waals surface area (Å²) in [6.07, 6.45) is 3.68. The number of hydrogen-bond acceptors (Lipinski definition) is 2. The van der Waals surface area contributed by atoms with E-state index in [1.54, 1.807) is 0 Å². The van der Waals surface area contributed by atoms with Crippen LogP contribution >= 0.6 is 0 Å². The number of aromatic nitrogens is 1. The number of hydrogen-bond donors (Lipinski definition) is 1. The second-order valence-electron chi connectivity index (χ2n) is 8.64. The predicted octanol–water partition coefficient (Wildman–Crippen LogP) is 5.37. The molecule has 134 valence electrons. The van der Waals surface area contributed by atoms with Crippen molar-refractivity contribution in [3.63, 3.8) is 0 Å². The highest BCUT2D eigenvalue weighted by Crippen LogP contribution is 2.60. The van der Waals surface area contributed by atoms with E-state index < -0.39 is 0 Å². The van der Waals surface area contributed by atoms with Gasteiger partial charge in [-0.3, -0.25) is 4.79 Å². The first-order chi connectivity index (χ1) is 11.9. The largest absolute Gasteiger partial charge is 0.465 e. The fourth-order valence-corrected chi connectivity index (χ4v) is 5.64. The van der Waals surface area contributed by atoms with Gasteiger partial charge in [0.2, 0.25) is 0 Å². The Morgan fingerprint density at radius 2 is 2.04 bits per heavy atom. The molecular formula is C22H29NO2. The Kier molecular flexibility index (Phi) is 3.93. The Bertz CT molecular complexity index is 803. The van der Waals surface area contributed by atoms with Crippen molar-refractivity contribution >= 4 is 16.9 Å². The topological polar surface area (TPSA) is 42.1 Å². The molecule has 0 radical (unpaired) electrons. The SMILES string of the molecule is CCOC(=O)[C@H]1c2[nH]c3ccccc3c2[C@H]2C[C@@H](C)CC[C@@H]2C1(C)C. The Balaban J connectivity index is 1.95. The third-order valence-corrected chi connectivity index (χ3v) is 6.77. The van der Waals surface area contributed by atoms with Crippen LogP contribution in [-0.4, -0.2) is 17.6 Å². The smallest absolute Gasteiger partial charge is 0.315 e. The molecule has 1 fully saturated rings. The maximum Gasteiger partial charge on any atom is 0.315 e. The van der Waals surface area contributed by atoms with Gasteiger partial charge < -0.3 is 9.72 Å². The van der Waals surface area contributed by atoms with Gasteiger partial charge in [-0.05, 0) is 54.6 Å². The van der Waals surface area contributed by atoms with Crippen molar-refractivity contribution in [2.45, 2.75) is 58.8 Å². The number of H-pyrrole nitrogens is 1. The van der Waals surface area contributed by atoms with Gasteiger partial charge in [0, 0.05) is 16.6 Å². The van der Waals surface area contributed by atoms with E-state index in [0.717, 1.165) is 17.1 Å². The molecule has 0 saturated heterocycles. The van der Waals surface area contributed by atoms with Crippen LogP contribution < -0.4 is 0 Å². The summed E-state index contributed by atoms with van der Waals surface area (Å²) in [7, 11) is 0. The summed E-state index contributed by atoms with van der Waals surface area (Å²) in [5, 5.41) is 1.30. The standard InChI is InChI=1S/C22H29NO2/c1-5-25-21(24)19-20-18(14-8-6-7-9-17(14)23-20)15-12-13(2)10-11-16(15)22(19,3)4/h6-9,13,15-16,19,23H,5,10-12H2,1-4H3/t13-,15-,16-,19+/m0/s1. The number of carbonyl (C=O) groups excluding carboxylic acids is 1. The van der Waals surface area contributed by atoms with Crippen LogP contribution in [0.2, 0.25) is 0 Å². The first-order valence-electron chi connectivity index (χ1n) is 9.72. The highest BCUT2D eigenvalue weighted by atomic mass is 16.5. The fraction of sp³-hybridized carbons (Fsp3) is 0.591. The van der Waals surface area contributed by atoms with Crippen molar-refractivity contribution in [2.24, 2.45) is 17.3 Å². The van der Waals surface area contributed by atoms with Crippen LogP contribution in [0.1, 0.15) is 70.1 Å². The molecule has 25 heavy (non-hydrogen) atoms. The molecule has 4 atom stereocenters. The van der Waals surface area contributed by atoms with Crippen molar-refractivity contribution in [3.05, 3.63) is 35.5 Å². The van der Waals surface area contributed by atoms with Gasteiger partial charge in [-0.15, -0.1) is 0 Å². The van der Waals surface area contributed by atoms with Crippen molar-refractivity contribution in [1.29, 1.82) is 0 Å². The fourth-order valence-electron chi connectivity index (χ4n) is 5.64. The lowest BCUT2D eigenvalue weighted by molar-refractivity contribution is -0.150. The van der Waals surface area contributed by atoms with E-state index >= 15 is 0 Å². The molecule has 0 bridgehead atoms. The minimum Gasteiger partial charge on any atom is -0.465 e. The third kappa shape index (κ3) is 2.43. The molecule has 0 aliphatic heterocycles. The zero-order chi connectivity index (χ0) is 17.8. The van der Waals surface area contributed by atoms with Crippen LogP contribution in [-0.2, 0) is 9.53 Å². The minimum absolute atomic E-state index is 0.0719. The molecule has 0 amide bonds. The van der Waals surface area contributed by atoms with Crippen LogP contribution in [0, 0.1) is 17.3 Å². The lowest BCUT2D eigenvalue weighted by Gasteiger charge is -2.51. The summed E-state index contributed by atoms with van der Waals surface area (Å²) in [6, 6.07) is 8.51. The molecule has 1 aromatic heterocycles. The molecule has 2 aromatic rings. The van der Waals surface area contributed by atoms with E-state index in [1.807, 2.05) is 6.92 Å². The zero-order valence-corrected chi connectivity index (χ0v) is 15.8. The molecule has 0 spiro atoms. The average Bonchev–Trinajstić information content (AvgIpc) is 2.93. The second kappa shape index (κ2) is 5.89. The van der Waals surface area contributed by atoms with Gasteiger partial charge in [0.05, 0.1) is 6.61 Å². The van der Waals surface area contributed by atoms with Crippen molar-refractivity contribution in [1.82, 2.24) is 4.98 Å². The minimum atomic E-state index is -0.204. The van der Waals surface area contributed by atoms with E-state index in [2.05, 4.69) is 50.0 Å². The molecule has 3 nitrogen and oxygen atoms in total. The van der Waals surface area contributed by atoms with E-state index in [0.29, 0.717) is 18.4 Å². The lowest BCUT2D eigenvalue weighted by atomic mass is 9.53. The molecule has 2 aliphatic carbocycles. The first kappa shape index (κ1) is 16.7. The number of rotatable bonds is 2. The molecule has 1 saturated carbocycles. The van der Waals surface area contributed by atoms with Gasteiger partial charge in [0.25, 0.3) is 0 Å². The van der Waals surface area contributed by atoms with Gasteiger partial charge >= 0.3 is 5.97 Å². The predicted molar refractivity (Wildman–Crippen MR) is 101 cm³/mol. The van der Waals surface area contributed by atoms with E-state index in [4.69, 9.17) is 4.74 Å². The van der Waals surface area contributed by atoms with Gasteiger partial charge in [0.15, 0.2) is 0 Å². The number of carbonyl (C=O) groups is 1. The van der Waals surface area contributed by atoms with Crippen molar-refractivity contribution < 1.29 is 9.53 Å². The Labute approximate surface area is 150 Å². The highest BCUT2D eigenvalue weighted by molar-refractivity contribution is 5.90. The van der Waals surface area contributed by atoms with E-state index in [1.165, 1.54) is 30.2 Å². The molecule has 3 heteroatoms. The van der Waals surface area contributed by atoms with E-state index in [-0.39, 0.29) is 17.3 Å². The number of benzene rings is 1. The van der Waals surface area contributed by atoms with Gasteiger partial charge in [0.1, 0.15) is 5.92 Å². The van der Waals surface area contributed by atoms with Crippen LogP contribution in [0.3, 0.4) is 0 Å². The summed E-state index contributed by atoms with van der Waals surface area (Å²) in [5.41, 5.74) is 3.56. The number of ether oxygens (including phenoxy) is 1. The van der Waals surface area contributed by atoms with Crippen LogP contribution in [0.15, 0.2) is 24.3 Å². The highest BCUT2D eigenvalue weighted by Gasteiger charge is 2.53. The summed E-state index contributed by atoms with van der Waals surface area (Å²) >= 11 is 0. The average molecular weight is 339 g/mol. The first-order valence-corrected chi connectivity index (χ1v) is 9.72. The van der Waals surface area contributed by atoms with Crippen LogP contribution in [0.5, 0.6) is 0 Å². The maximum atomic E-state index is 12.9. The summed E-state index contributed by atoms with van der Waals surface area (Å²) in [5.74, 6) is 1.54. The summed E-state index contributed by atoms with van der Waals surface area (Å²) in [6.45, 7) is 9.25. The Morgan fingerprint density at radius 1 is 1.28 bits per heavy atom. The van der Waals surface area contributed by atoms with Crippen LogP contribution in [0.25, 0.3) is 10.9 Å². The number of nitrogens with one attached hydrogen (secondary N) is 1. The summed E-state index contributed by atoms with van der Waals surface area (Å²) < 4.78 is 5.51. The molecule has 0 unspecified atom stereocenters. The van der Waals surface area contributed by atoms with Gasteiger partial charge in [-0.2, -0.15) is 0 Å². The van der Waals surface area contributed by atoms with Crippen molar-refractivity contribution in [3.8, 4) is 0 Å². The quantitative estimate of drug-likeness (QED) is 0.747. The Hall–Kier alpha value is -1.77. The lowest BCUT2D eigenvalue weighted by Crippen LogP contribution is -2.45. The zero-order valence-electron chi connectivity index (χ0n) is 15.8. The second-order valence-corrected chi connectivity index (χ2v) is 8.64. The Morgan fingerprint density at radius 3 is 2.80 bits per heavy atom. The van der Waals surface area contributed by atoms with Crippen molar-refractivity contribution in [2.75, 3.05) is 6.61 Å². The van der Waals surface area contributed by atoms with Crippen LogP contribution in [0.4, 0.5) is 0 Å². The molecular weight excluding hydrogens is 310 g/mol. The molecule has 4 rings (SSSR count). The normalized spacial score (nSPS) is 30.6. The molecule has 1 N–H and O–H groups in total. The number of aromatic amines is 1. The molecule has 1 aromatic carbocycles. The number of para-hydroxylation sites is 1. The maximum absolute atomic E-state index is 12.9. The van der Waals surface area contributed by atoms with Gasteiger partial charge in [-0.1, -0.05) is 45.4 Å². The monoisotopic (exact) mass is 339 g/mol. The number of esters is 1. The third-order valence-electron chi connectivity index (χ3n) is 6.77. The van der Waals surface area contributed by atoms with Gasteiger partial charge in [-0.25, -0.2) is 0 Å². The summed E-state index contributed by atoms with van der Waals surface area (Å²) in [4.78, 5) is 16.6. The molecule has 1 heterocycles.